The molecule has 2 N–H and O–H groups in total. The van der Waals surface area contributed by atoms with Crippen LogP contribution in [0.3, 0.4) is 0 Å². The number of tetrazole rings is 1. The molecule has 0 atom stereocenters. The SMILES string of the molecule is N#CC(=CNc1ccc(-c2cccc(OCc3ccccc3)c2)cc1)c1nn[nH]n1. The molecule has 1 heterocycles. The number of allylic oxidation sites excluding steroid dienone is 1. The van der Waals surface area contributed by atoms with E-state index in [0.29, 0.717) is 6.61 Å². The summed E-state index contributed by atoms with van der Waals surface area (Å²) in [5.41, 5.74) is 4.38. The van der Waals surface area contributed by atoms with Crippen LogP contribution in [0.25, 0.3) is 16.7 Å². The molecule has 0 aliphatic carbocycles. The van der Waals surface area contributed by atoms with Crippen LogP contribution in [-0.2, 0) is 6.61 Å². The lowest BCUT2D eigenvalue weighted by Gasteiger charge is -2.09. The van der Waals surface area contributed by atoms with Gasteiger partial charge in [0, 0.05) is 11.9 Å². The van der Waals surface area contributed by atoms with E-state index in [-0.39, 0.29) is 11.4 Å². The van der Waals surface area contributed by atoms with Crippen molar-refractivity contribution >= 4 is 11.3 Å². The molecule has 146 valence electrons. The van der Waals surface area contributed by atoms with Crippen molar-refractivity contribution in [3.05, 3.63) is 96.5 Å². The van der Waals surface area contributed by atoms with Gasteiger partial charge in [-0.3, -0.25) is 0 Å². The molecule has 0 bridgehead atoms. The minimum atomic E-state index is 0.244. The minimum Gasteiger partial charge on any atom is -0.489 e. The molecule has 0 saturated heterocycles. The van der Waals surface area contributed by atoms with E-state index in [4.69, 9.17) is 4.74 Å². The van der Waals surface area contributed by atoms with Crippen molar-refractivity contribution in [2.24, 2.45) is 0 Å². The molecule has 4 aromatic rings. The van der Waals surface area contributed by atoms with Gasteiger partial charge in [-0.05, 0) is 46.2 Å². The molecule has 0 spiro atoms. The number of ether oxygens (including phenoxy) is 1. The second-order valence-corrected chi connectivity index (χ2v) is 6.43. The lowest BCUT2D eigenvalue weighted by molar-refractivity contribution is 0.306. The van der Waals surface area contributed by atoms with Gasteiger partial charge in [-0.15, -0.1) is 10.2 Å². The van der Waals surface area contributed by atoms with E-state index in [0.717, 1.165) is 28.1 Å². The van der Waals surface area contributed by atoms with Gasteiger partial charge in [0.1, 0.15) is 24.0 Å². The summed E-state index contributed by atoms with van der Waals surface area (Å²) in [5.74, 6) is 1.06. The Morgan fingerprint density at radius 1 is 1.00 bits per heavy atom. The number of nitriles is 1. The van der Waals surface area contributed by atoms with Crippen LogP contribution >= 0.6 is 0 Å². The first-order chi connectivity index (χ1) is 14.8. The van der Waals surface area contributed by atoms with Crippen molar-refractivity contribution in [2.45, 2.75) is 6.61 Å². The topological polar surface area (TPSA) is 99.5 Å². The van der Waals surface area contributed by atoms with E-state index >= 15 is 0 Å². The van der Waals surface area contributed by atoms with Gasteiger partial charge < -0.3 is 10.1 Å². The summed E-state index contributed by atoms with van der Waals surface area (Å²) < 4.78 is 5.92. The molecule has 7 heteroatoms. The number of anilines is 1. The second-order valence-electron chi connectivity index (χ2n) is 6.43. The van der Waals surface area contributed by atoms with Crippen molar-refractivity contribution in [3.63, 3.8) is 0 Å². The molecule has 0 fully saturated rings. The van der Waals surface area contributed by atoms with Gasteiger partial charge in [-0.1, -0.05) is 54.6 Å². The van der Waals surface area contributed by atoms with Crippen LogP contribution in [-0.4, -0.2) is 20.6 Å². The molecule has 0 aliphatic heterocycles. The van der Waals surface area contributed by atoms with E-state index in [9.17, 15) is 5.26 Å². The number of H-pyrrole nitrogens is 1. The highest BCUT2D eigenvalue weighted by Crippen LogP contribution is 2.26. The Bertz CT molecular complexity index is 1160. The number of benzene rings is 3. The fraction of sp³-hybridized carbons (Fsp3) is 0.0435. The monoisotopic (exact) mass is 394 g/mol. The fourth-order valence-corrected chi connectivity index (χ4v) is 2.84. The van der Waals surface area contributed by atoms with Crippen LogP contribution in [0.1, 0.15) is 11.4 Å². The van der Waals surface area contributed by atoms with Gasteiger partial charge in [0.2, 0.25) is 5.82 Å². The van der Waals surface area contributed by atoms with Gasteiger partial charge in [-0.2, -0.15) is 10.5 Å². The third-order valence-corrected chi connectivity index (χ3v) is 4.39. The first-order valence-electron chi connectivity index (χ1n) is 9.30. The summed E-state index contributed by atoms with van der Waals surface area (Å²) in [7, 11) is 0. The molecule has 1 aromatic heterocycles. The Morgan fingerprint density at radius 2 is 1.83 bits per heavy atom. The summed E-state index contributed by atoms with van der Waals surface area (Å²) in [6.07, 6.45) is 1.55. The van der Waals surface area contributed by atoms with Crippen LogP contribution in [0.5, 0.6) is 5.75 Å². The summed E-state index contributed by atoms with van der Waals surface area (Å²) in [6.45, 7) is 0.529. The maximum absolute atomic E-state index is 9.22. The lowest BCUT2D eigenvalue weighted by Crippen LogP contribution is -1.95. The Kier molecular flexibility index (Phi) is 5.78. The third-order valence-electron chi connectivity index (χ3n) is 4.39. The molecular weight excluding hydrogens is 376 g/mol. The summed E-state index contributed by atoms with van der Waals surface area (Å²) in [4.78, 5) is 0. The maximum atomic E-state index is 9.22. The quantitative estimate of drug-likeness (QED) is 0.450. The van der Waals surface area contributed by atoms with Gasteiger partial charge in [-0.25, -0.2) is 0 Å². The largest absolute Gasteiger partial charge is 0.489 e. The second kappa shape index (κ2) is 9.17. The highest BCUT2D eigenvalue weighted by atomic mass is 16.5. The molecule has 0 unspecified atom stereocenters. The Balaban J connectivity index is 1.43. The molecule has 3 aromatic carbocycles. The number of hydrogen-bond donors (Lipinski definition) is 2. The number of aromatic amines is 1. The zero-order valence-corrected chi connectivity index (χ0v) is 16.0. The standard InChI is InChI=1S/C23H18N6O/c24-14-20(23-26-28-29-27-23)15-25-21-11-9-18(10-12-21)19-7-4-8-22(13-19)30-16-17-5-2-1-3-6-17/h1-13,15,25H,16H2,(H,26,27,28,29). The Hall–Kier alpha value is -4.44. The van der Waals surface area contributed by atoms with Crippen LogP contribution in [0, 0.1) is 11.3 Å². The number of hydrogen-bond acceptors (Lipinski definition) is 6. The molecule has 0 aliphatic rings. The van der Waals surface area contributed by atoms with E-state index in [1.165, 1.54) is 0 Å². The van der Waals surface area contributed by atoms with Gasteiger partial charge in [0.15, 0.2) is 0 Å². The number of nitrogens with one attached hydrogen (secondary N) is 2. The molecular formula is C23H18N6O. The molecule has 0 radical (unpaired) electrons. The van der Waals surface area contributed by atoms with Crippen molar-refractivity contribution in [1.29, 1.82) is 5.26 Å². The maximum Gasteiger partial charge on any atom is 0.216 e. The average Bonchev–Trinajstić information content (AvgIpc) is 3.34. The summed E-state index contributed by atoms with van der Waals surface area (Å²) in [6, 6.07) is 28.0. The zero-order chi connectivity index (χ0) is 20.6. The normalized spacial score (nSPS) is 11.0. The van der Waals surface area contributed by atoms with Crippen LogP contribution in [0.2, 0.25) is 0 Å². The molecule has 0 saturated carbocycles. The van der Waals surface area contributed by atoms with Crippen molar-refractivity contribution < 1.29 is 4.74 Å². The van der Waals surface area contributed by atoms with Crippen molar-refractivity contribution in [1.82, 2.24) is 20.6 Å². The van der Waals surface area contributed by atoms with E-state index in [2.05, 4.69) is 25.9 Å². The predicted molar refractivity (Wildman–Crippen MR) is 114 cm³/mol. The van der Waals surface area contributed by atoms with Gasteiger partial charge >= 0.3 is 0 Å². The number of rotatable bonds is 7. The zero-order valence-electron chi connectivity index (χ0n) is 16.0. The highest BCUT2D eigenvalue weighted by molar-refractivity contribution is 5.74. The van der Waals surface area contributed by atoms with Crippen LogP contribution in [0.4, 0.5) is 5.69 Å². The summed E-state index contributed by atoms with van der Waals surface area (Å²) in [5, 5.41) is 25.7. The van der Waals surface area contributed by atoms with Crippen molar-refractivity contribution in [2.75, 3.05) is 5.32 Å². The third kappa shape index (κ3) is 4.69. The van der Waals surface area contributed by atoms with E-state index in [1.807, 2.05) is 84.9 Å². The minimum absolute atomic E-state index is 0.244. The van der Waals surface area contributed by atoms with Crippen LogP contribution < -0.4 is 10.1 Å². The average molecular weight is 394 g/mol. The first kappa shape index (κ1) is 18.9. The van der Waals surface area contributed by atoms with Crippen molar-refractivity contribution in [3.8, 4) is 22.9 Å². The van der Waals surface area contributed by atoms with Gasteiger partial charge in [0.05, 0.1) is 0 Å². The molecule has 7 nitrogen and oxygen atoms in total. The van der Waals surface area contributed by atoms with E-state index in [1.54, 1.807) is 6.20 Å². The van der Waals surface area contributed by atoms with Crippen LogP contribution in [0.15, 0.2) is 85.1 Å². The smallest absolute Gasteiger partial charge is 0.216 e. The fourth-order valence-electron chi connectivity index (χ4n) is 2.84. The lowest BCUT2D eigenvalue weighted by atomic mass is 10.1. The van der Waals surface area contributed by atoms with Gasteiger partial charge in [0.25, 0.3) is 0 Å². The Labute approximate surface area is 173 Å². The molecule has 0 amide bonds. The molecule has 4 rings (SSSR count). The first-order valence-corrected chi connectivity index (χ1v) is 9.30. The van der Waals surface area contributed by atoms with E-state index < -0.39 is 0 Å². The number of aromatic nitrogens is 4. The predicted octanol–water partition coefficient (Wildman–Crippen LogP) is 4.42. The number of nitrogens with zero attached hydrogens (tertiary/aromatic N) is 4. The summed E-state index contributed by atoms with van der Waals surface area (Å²) >= 11 is 0. The highest BCUT2D eigenvalue weighted by Gasteiger charge is 2.06. The molecule has 30 heavy (non-hydrogen) atoms. The Morgan fingerprint density at radius 3 is 2.57 bits per heavy atom.